The molecule has 5 rings (SSSR count). The van der Waals surface area contributed by atoms with Gasteiger partial charge >= 0.3 is 30.1 Å². The molecule has 5 N–H and O–H groups in total. The van der Waals surface area contributed by atoms with Crippen LogP contribution in [0.1, 0.15) is 59.9 Å². The van der Waals surface area contributed by atoms with E-state index >= 15 is 0 Å². The maximum Gasteiger partial charge on any atom is 0.417 e. The number of carboxylic acids is 4. The fourth-order valence-corrected chi connectivity index (χ4v) is 8.59. The van der Waals surface area contributed by atoms with E-state index in [1.165, 1.54) is 12.1 Å². The summed E-state index contributed by atoms with van der Waals surface area (Å²) < 4.78 is 50.7. The van der Waals surface area contributed by atoms with Gasteiger partial charge in [-0.1, -0.05) is 67.1 Å². The summed E-state index contributed by atoms with van der Waals surface area (Å²) >= 11 is 0. The fourth-order valence-electron chi connectivity index (χ4n) is 8.59. The number of ether oxygens (including phenoxy) is 1. The molecule has 68 heavy (non-hydrogen) atoms. The third kappa shape index (κ3) is 17.0. The first-order valence-corrected chi connectivity index (χ1v) is 22.9. The Morgan fingerprint density at radius 1 is 0.691 bits per heavy atom. The summed E-state index contributed by atoms with van der Waals surface area (Å²) in [5.41, 5.74) is 2.79. The average molecular weight is 953 g/mol. The number of carbonyl (C=O) groups is 5. The lowest BCUT2D eigenvalue weighted by atomic mass is 9.95. The molecule has 3 aromatic rings. The van der Waals surface area contributed by atoms with Crippen LogP contribution in [-0.4, -0.2) is 179 Å². The van der Waals surface area contributed by atoms with Gasteiger partial charge in [0.1, 0.15) is 11.8 Å². The van der Waals surface area contributed by atoms with Gasteiger partial charge in [-0.15, -0.1) is 0 Å². The Morgan fingerprint density at radius 3 is 1.79 bits per heavy atom. The molecule has 2 aliphatic rings. The molecule has 0 aliphatic carbocycles. The molecule has 0 aromatic heterocycles. The number of nitrogens with zero attached hydrogens (tertiary/aromatic N) is 5. The Balaban J connectivity index is 1.26. The average Bonchev–Trinajstić information content (AvgIpc) is 3.28. The zero-order valence-corrected chi connectivity index (χ0v) is 38.5. The highest BCUT2D eigenvalue weighted by Crippen LogP contribution is 2.38. The van der Waals surface area contributed by atoms with E-state index in [-0.39, 0.29) is 121 Å². The van der Waals surface area contributed by atoms with Crippen molar-refractivity contribution in [1.29, 1.82) is 0 Å². The number of piperidine rings is 1. The number of likely N-dealkylation sites (tertiary alicyclic amines) is 1. The maximum absolute atomic E-state index is 14.8. The Kier molecular flexibility index (Phi) is 20.3. The van der Waals surface area contributed by atoms with Gasteiger partial charge in [0.2, 0.25) is 5.91 Å². The molecule has 19 heteroatoms. The van der Waals surface area contributed by atoms with E-state index < -0.39 is 41.7 Å². The lowest BCUT2D eigenvalue weighted by Gasteiger charge is -2.33. The molecule has 2 aliphatic heterocycles. The number of hydrogen-bond acceptors (Lipinski definition) is 11. The molecule has 370 valence electrons. The highest BCUT2D eigenvalue weighted by atomic mass is 19.4. The molecule has 16 nitrogen and oxygen atoms in total. The molecule has 2 fully saturated rings. The van der Waals surface area contributed by atoms with Gasteiger partial charge in [0, 0.05) is 71.0 Å². The van der Waals surface area contributed by atoms with Crippen LogP contribution in [0.2, 0.25) is 0 Å². The molecule has 2 saturated heterocycles. The maximum atomic E-state index is 14.8. The molecule has 2 heterocycles. The number of carbonyl (C=O) groups excluding carboxylic acids is 1. The van der Waals surface area contributed by atoms with Crippen LogP contribution < -0.4 is 10.1 Å². The topological polar surface area (TPSA) is 204 Å². The van der Waals surface area contributed by atoms with Crippen molar-refractivity contribution < 1.29 is 62.3 Å². The first kappa shape index (κ1) is 53.1. The molecular weight excluding hydrogens is 890 g/mol. The van der Waals surface area contributed by atoms with Crippen LogP contribution in [0.5, 0.6) is 5.75 Å². The van der Waals surface area contributed by atoms with E-state index in [0.29, 0.717) is 38.6 Å². The summed E-state index contributed by atoms with van der Waals surface area (Å²) in [5.74, 6) is -4.32. The number of aliphatic carboxylic acids is 4. The number of carboxylic acid groups (broad SMARTS) is 4. The third-order valence-electron chi connectivity index (χ3n) is 12.2. The zero-order valence-electron chi connectivity index (χ0n) is 38.5. The molecule has 1 atom stereocenters. The second-order valence-corrected chi connectivity index (χ2v) is 17.3. The standard InChI is InChI=1S/C49H63F3N6O10/c1-35-36(12-9-13-40(35)37-10-3-2-4-11-37)15-16-38-29-43(39(28-41(38)49(50,51)52)30-58-18-7-5-14-42(58)48(66)67)68-27-8-6-17-53-44(59)31-54-19-21-55(32-45(60)61)23-25-57(34-47(64)65)26-24-56(22-20-54)33-46(62)63/h2-4,9-13,15-16,28-29,42H,5-8,14,17-27,30-34H2,1H3,(H,53,59)(H,60,61)(H,62,63)(H,64,65)(H,66,67)/b16-15+/t42-/m0/s1. The second-order valence-electron chi connectivity index (χ2n) is 17.3. The van der Waals surface area contributed by atoms with Crippen molar-refractivity contribution in [1.82, 2.24) is 29.8 Å². The molecule has 0 bridgehead atoms. The minimum absolute atomic E-state index is 0.0570. The molecule has 0 unspecified atom stereocenters. The Bertz CT molecular complexity index is 2180. The number of rotatable bonds is 20. The smallest absolute Gasteiger partial charge is 0.417 e. The lowest BCUT2D eigenvalue weighted by molar-refractivity contribution is -0.145. The highest BCUT2D eigenvalue weighted by molar-refractivity contribution is 5.79. The summed E-state index contributed by atoms with van der Waals surface area (Å²) in [4.78, 5) is 68.7. The quantitative estimate of drug-likeness (QED) is 0.0744. The minimum atomic E-state index is -4.73. The van der Waals surface area contributed by atoms with E-state index in [9.17, 15) is 57.6 Å². The van der Waals surface area contributed by atoms with Crippen LogP contribution in [0.25, 0.3) is 23.3 Å². The van der Waals surface area contributed by atoms with Crippen LogP contribution in [0.3, 0.4) is 0 Å². The monoisotopic (exact) mass is 952 g/mol. The highest BCUT2D eigenvalue weighted by Gasteiger charge is 2.35. The number of hydrogen-bond donors (Lipinski definition) is 5. The number of unbranched alkanes of at least 4 members (excludes halogenated alkanes) is 1. The van der Waals surface area contributed by atoms with Gasteiger partial charge in [-0.05, 0) is 79.1 Å². The summed E-state index contributed by atoms with van der Waals surface area (Å²) in [6.07, 6.45) is 0.989. The van der Waals surface area contributed by atoms with Crippen LogP contribution in [0, 0.1) is 6.92 Å². The SMILES string of the molecule is Cc1c(/C=C/c2cc(OCCCCNC(=O)CN3CCN(CC(=O)O)CCN(CC(=O)O)CCN(CC(=O)O)CC3)c(CN3CCCC[C@H]3C(=O)O)cc2C(F)(F)F)cccc1-c1ccccc1. The van der Waals surface area contributed by atoms with Crippen LogP contribution in [0.4, 0.5) is 13.2 Å². The molecule has 0 radical (unpaired) electrons. The van der Waals surface area contributed by atoms with Crippen LogP contribution in [0.15, 0.2) is 60.7 Å². The van der Waals surface area contributed by atoms with Crippen LogP contribution >= 0.6 is 0 Å². The number of amides is 1. The van der Waals surface area contributed by atoms with Crippen molar-refractivity contribution in [2.45, 2.75) is 57.8 Å². The van der Waals surface area contributed by atoms with Crippen molar-refractivity contribution in [2.24, 2.45) is 0 Å². The van der Waals surface area contributed by atoms with Gasteiger partial charge < -0.3 is 30.5 Å². The van der Waals surface area contributed by atoms with Crippen molar-refractivity contribution in [3.8, 4) is 16.9 Å². The summed E-state index contributed by atoms with van der Waals surface area (Å²) in [6.45, 7) is 3.76. The van der Waals surface area contributed by atoms with Gasteiger partial charge in [-0.25, -0.2) is 0 Å². The van der Waals surface area contributed by atoms with Crippen molar-refractivity contribution in [3.63, 3.8) is 0 Å². The predicted molar refractivity (Wildman–Crippen MR) is 249 cm³/mol. The Hall–Kier alpha value is -5.86. The number of alkyl halides is 3. The Morgan fingerprint density at radius 2 is 1.25 bits per heavy atom. The number of benzene rings is 3. The van der Waals surface area contributed by atoms with Crippen molar-refractivity contribution in [2.75, 3.05) is 98.2 Å². The normalized spacial score (nSPS) is 17.9. The first-order valence-electron chi connectivity index (χ1n) is 22.9. The van der Waals surface area contributed by atoms with Gasteiger partial charge in [-0.3, -0.25) is 48.5 Å². The second kappa shape index (κ2) is 26.0. The van der Waals surface area contributed by atoms with Crippen LogP contribution in [-0.2, 0) is 36.7 Å². The number of halogens is 3. The van der Waals surface area contributed by atoms with E-state index in [0.717, 1.165) is 28.3 Å². The molecule has 0 saturated carbocycles. The zero-order chi connectivity index (χ0) is 49.2. The molecular formula is C49H63F3N6O10. The molecule has 3 aromatic carbocycles. The summed E-state index contributed by atoms with van der Waals surface area (Å²) in [5, 5.41) is 41.3. The van der Waals surface area contributed by atoms with E-state index in [1.54, 1.807) is 25.7 Å². The van der Waals surface area contributed by atoms with Gasteiger partial charge in [0.25, 0.3) is 0 Å². The van der Waals surface area contributed by atoms with Gasteiger partial charge in [-0.2, -0.15) is 13.2 Å². The van der Waals surface area contributed by atoms with E-state index in [4.69, 9.17) is 4.74 Å². The van der Waals surface area contributed by atoms with E-state index in [1.807, 2.05) is 60.4 Å². The Labute approximate surface area is 394 Å². The van der Waals surface area contributed by atoms with Gasteiger partial charge in [0.15, 0.2) is 0 Å². The van der Waals surface area contributed by atoms with Crippen molar-refractivity contribution >= 4 is 41.9 Å². The fraction of sp³-hybridized carbons (Fsp3) is 0.490. The van der Waals surface area contributed by atoms with E-state index in [2.05, 4.69) is 5.32 Å². The first-order chi connectivity index (χ1) is 32.5. The molecule has 0 spiro atoms. The summed E-state index contributed by atoms with van der Waals surface area (Å²) in [7, 11) is 0. The van der Waals surface area contributed by atoms with Crippen molar-refractivity contribution in [3.05, 3.63) is 88.5 Å². The molecule has 1 amide bonds. The third-order valence-corrected chi connectivity index (χ3v) is 12.2. The lowest BCUT2D eigenvalue weighted by Crippen LogP contribution is -2.49. The summed E-state index contributed by atoms with van der Waals surface area (Å²) in [6, 6.07) is 16.9. The predicted octanol–water partition coefficient (Wildman–Crippen LogP) is 5.04. The van der Waals surface area contributed by atoms with Gasteiger partial charge in [0.05, 0.1) is 38.3 Å². The largest absolute Gasteiger partial charge is 0.493 e. The number of nitrogens with one attached hydrogen (secondary N) is 1. The minimum Gasteiger partial charge on any atom is -0.493 e.